The molecule has 0 N–H and O–H groups in total. The molecule has 29 heavy (non-hydrogen) atoms. The molecule has 3 aromatic carbocycles. The van der Waals surface area contributed by atoms with Crippen molar-refractivity contribution in [1.82, 2.24) is 4.57 Å². The number of hydrogen-bond donors (Lipinski definition) is 0. The van der Waals surface area contributed by atoms with Crippen LogP contribution >= 0.6 is 11.3 Å². The summed E-state index contributed by atoms with van der Waals surface area (Å²) in [7, 11) is -3.34. The Morgan fingerprint density at radius 2 is 1.90 bits per heavy atom. The quantitative estimate of drug-likeness (QED) is 0.475. The molecule has 7 heteroatoms. The van der Waals surface area contributed by atoms with Gasteiger partial charge in [0.1, 0.15) is 0 Å². The predicted molar refractivity (Wildman–Crippen MR) is 116 cm³/mol. The highest BCUT2D eigenvalue weighted by Gasteiger charge is 2.14. The summed E-state index contributed by atoms with van der Waals surface area (Å²) in [6.45, 7) is 0.222. The van der Waals surface area contributed by atoms with Gasteiger partial charge in [0.2, 0.25) is 0 Å². The zero-order valence-corrected chi connectivity index (χ0v) is 17.1. The highest BCUT2D eigenvalue weighted by Crippen LogP contribution is 2.23. The standard InChI is InChI=1S/C22H16N2O3S2/c1-3-13-24-19-12-11-16(29(2,26)27)14-20(19)28-22(24)23-21(25)18-10-6-8-15-7-4-5-9-17(15)18/h1,4-12,14H,13H2,2H3. The zero-order valence-electron chi connectivity index (χ0n) is 15.5. The largest absolute Gasteiger partial charge is 0.305 e. The Balaban J connectivity index is 1.92. The molecule has 0 aliphatic heterocycles. The number of sulfone groups is 1. The van der Waals surface area contributed by atoms with Crippen LogP contribution in [0, 0.1) is 12.3 Å². The van der Waals surface area contributed by atoms with E-state index in [1.807, 2.05) is 36.4 Å². The van der Waals surface area contributed by atoms with Crippen molar-refractivity contribution in [3.05, 3.63) is 71.0 Å². The number of terminal acetylenes is 1. The van der Waals surface area contributed by atoms with E-state index in [2.05, 4.69) is 10.9 Å². The summed E-state index contributed by atoms with van der Waals surface area (Å²) in [4.78, 5) is 17.9. The Morgan fingerprint density at radius 1 is 1.14 bits per heavy atom. The maximum atomic E-state index is 13.0. The van der Waals surface area contributed by atoms with Gasteiger partial charge in [-0.25, -0.2) is 8.42 Å². The molecule has 0 aliphatic carbocycles. The number of thiazole rings is 1. The molecule has 1 amide bonds. The Morgan fingerprint density at radius 3 is 2.66 bits per heavy atom. The fourth-order valence-corrected chi connectivity index (χ4v) is 4.96. The summed E-state index contributed by atoms with van der Waals surface area (Å²) < 4.78 is 26.2. The van der Waals surface area contributed by atoms with Crippen molar-refractivity contribution in [2.24, 2.45) is 4.99 Å². The lowest BCUT2D eigenvalue weighted by molar-refractivity contribution is 0.0999. The summed E-state index contributed by atoms with van der Waals surface area (Å²) in [6.07, 6.45) is 6.67. The number of carbonyl (C=O) groups excluding carboxylic acids is 1. The van der Waals surface area contributed by atoms with E-state index in [4.69, 9.17) is 6.42 Å². The average Bonchev–Trinajstić information content (AvgIpc) is 3.03. The molecule has 0 bridgehead atoms. The second-order valence-corrected chi connectivity index (χ2v) is 9.55. The van der Waals surface area contributed by atoms with Gasteiger partial charge >= 0.3 is 0 Å². The number of rotatable bonds is 3. The lowest BCUT2D eigenvalue weighted by Gasteiger charge is -2.03. The van der Waals surface area contributed by atoms with Crippen molar-refractivity contribution in [2.75, 3.05) is 6.26 Å². The van der Waals surface area contributed by atoms with E-state index in [1.54, 1.807) is 22.8 Å². The molecule has 0 atom stereocenters. The third-order valence-corrected chi connectivity index (χ3v) is 6.70. The molecule has 0 saturated carbocycles. The third-order valence-electron chi connectivity index (χ3n) is 4.55. The van der Waals surface area contributed by atoms with Crippen LogP contribution in [-0.4, -0.2) is 25.1 Å². The fourth-order valence-electron chi connectivity index (χ4n) is 3.17. The van der Waals surface area contributed by atoms with Crippen LogP contribution in [0.4, 0.5) is 0 Å². The second-order valence-electron chi connectivity index (χ2n) is 6.52. The number of amides is 1. The van der Waals surface area contributed by atoms with Gasteiger partial charge in [-0.1, -0.05) is 53.7 Å². The first-order valence-electron chi connectivity index (χ1n) is 8.72. The van der Waals surface area contributed by atoms with Gasteiger partial charge in [0, 0.05) is 11.8 Å². The van der Waals surface area contributed by atoms with Gasteiger partial charge in [0.05, 0.1) is 21.7 Å². The highest BCUT2D eigenvalue weighted by atomic mass is 32.2. The van der Waals surface area contributed by atoms with E-state index < -0.39 is 9.84 Å². The molecular weight excluding hydrogens is 404 g/mol. The minimum Gasteiger partial charge on any atom is -0.305 e. The molecule has 0 radical (unpaired) electrons. The van der Waals surface area contributed by atoms with E-state index in [0.717, 1.165) is 22.5 Å². The molecular formula is C22H16N2O3S2. The number of benzene rings is 3. The molecule has 0 spiro atoms. The van der Waals surface area contributed by atoms with E-state index in [1.165, 1.54) is 17.4 Å². The highest BCUT2D eigenvalue weighted by molar-refractivity contribution is 7.90. The van der Waals surface area contributed by atoms with Gasteiger partial charge in [-0.15, -0.1) is 6.42 Å². The third kappa shape index (κ3) is 3.60. The topological polar surface area (TPSA) is 68.5 Å². The van der Waals surface area contributed by atoms with E-state index in [0.29, 0.717) is 15.1 Å². The molecule has 144 valence electrons. The molecule has 0 saturated heterocycles. The predicted octanol–water partition coefficient (Wildman–Crippen LogP) is 3.63. The molecule has 4 rings (SSSR count). The average molecular weight is 421 g/mol. The molecule has 5 nitrogen and oxygen atoms in total. The summed E-state index contributed by atoms with van der Waals surface area (Å²) in [5.74, 6) is 2.20. The van der Waals surface area contributed by atoms with Gasteiger partial charge in [0.15, 0.2) is 14.6 Å². The lowest BCUT2D eigenvalue weighted by Crippen LogP contribution is -2.16. The number of fused-ring (bicyclic) bond motifs is 2. The number of aromatic nitrogens is 1. The molecule has 0 unspecified atom stereocenters. The summed E-state index contributed by atoms with van der Waals surface area (Å²) >= 11 is 1.24. The van der Waals surface area contributed by atoms with Crippen LogP contribution in [0.1, 0.15) is 10.4 Å². The second kappa shape index (κ2) is 7.32. The van der Waals surface area contributed by atoms with Crippen LogP contribution in [0.3, 0.4) is 0 Å². The van der Waals surface area contributed by atoms with Crippen LogP contribution < -0.4 is 4.80 Å². The van der Waals surface area contributed by atoms with Crippen molar-refractivity contribution < 1.29 is 13.2 Å². The lowest BCUT2D eigenvalue weighted by atomic mass is 10.0. The van der Waals surface area contributed by atoms with Crippen LogP contribution in [0.5, 0.6) is 0 Å². The minimum absolute atomic E-state index is 0.214. The van der Waals surface area contributed by atoms with E-state index >= 15 is 0 Å². The van der Waals surface area contributed by atoms with Crippen LogP contribution in [0.15, 0.2) is 70.6 Å². The number of carbonyl (C=O) groups is 1. The summed E-state index contributed by atoms with van der Waals surface area (Å²) in [5.41, 5.74) is 1.24. The van der Waals surface area contributed by atoms with Crippen LogP contribution in [0.25, 0.3) is 21.0 Å². The van der Waals surface area contributed by atoms with Crippen molar-refractivity contribution in [3.63, 3.8) is 0 Å². The van der Waals surface area contributed by atoms with Crippen molar-refractivity contribution >= 4 is 48.1 Å². The fraction of sp³-hybridized carbons (Fsp3) is 0.0909. The van der Waals surface area contributed by atoms with Gasteiger partial charge in [-0.05, 0) is 35.0 Å². The summed E-state index contributed by atoms with van der Waals surface area (Å²) in [6, 6.07) is 17.9. The first-order chi connectivity index (χ1) is 13.9. The normalized spacial score (nSPS) is 12.3. The monoisotopic (exact) mass is 420 g/mol. The first kappa shape index (κ1) is 19.1. The molecule has 1 aromatic heterocycles. The minimum atomic E-state index is -3.34. The Bertz CT molecular complexity index is 1480. The Hall–Kier alpha value is -3.21. The molecule has 0 aliphatic rings. The van der Waals surface area contributed by atoms with Crippen molar-refractivity contribution in [3.8, 4) is 12.3 Å². The summed E-state index contributed by atoms with van der Waals surface area (Å²) in [5, 5.41) is 1.78. The smallest absolute Gasteiger partial charge is 0.280 e. The van der Waals surface area contributed by atoms with Crippen molar-refractivity contribution in [1.29, 1.82) is 0 Å². The number of hydrogen-bond acceptors (Lipinski definition) is 4. The van der Waals surface area contributed by atoms with E-state index in [-0.39, 0.29) is 17.3 Å². The SMILES string of the molecule is C#CCn1c(=NC(=O)c2cccc3ccccc23)sc2cc(S(C)(=O)=O)ccc21. The Labute approximate surface area is 171 Å². The van der Waals surface area contributed by atoms with E-state index in [9.17, 15) is 13.2 Å². The van der Waals surface area contributed by atoms with Crippen molar-refractivity contribution in [2.45, 2.75) is 11.4 Å². The van der Waals surface area contributed by atoms with Gasteiger partial charge in [0.25, 0.3) is 5.91 Å². The molecule has 1 heterocycles. The van der Waals surface area contributed by atoms with Gasteiger partial charge < -0.3 is 4.57 Å². The maximum absolute atomic E-state index is 13.0. The zero-order chi connectivity index (χ0) is 20.6. The number of nitrogens with zero attached hydrogens (tertiary/aromatic N) is 2. The maximum Gasteiger partial charge on any atom is 0.280 e. The van der Waals surface area contributed by atoms with Crippen LogP contribution in [-0.2, 0) is 16.4 Å². The van der Waals surface area contributed by atoms with Crippen LogP contribution in [0.2, 0.25) is 0 Å². The molecule has 4 aromatic rings. The van der Waals surface area contributed by atoms with Gasteiger partial charge in [-0.3, -0.25) is 4.79 Å². The molecule has 0 fully saturated rings. The van der Waals surface area contributed by atoms with Gasteiger partial charge in [-0.2, -0.15) is 4.99 Å². The Kier molecular flexibility index (Phi) is 4.82. The first-order valence-corrected chi connectivity index (χ1v) is 11.4.